The Morgan fingerprint density at radius 2 is 2.07 bits per heavy atom. The third-order valence-electron chi connectivity index (χ3n) is 4.22. The topological polar surface area (TPSA) is 67.9 Å². The molecule has 0 N–H and O–H groups in total. The number of carbonyl (C=O) groups excluding carboxylic acids is 1. The van der Waals surface area contributed by atoms with E-state index in [1.165, 1.54) is 30.4 Å². The second kappa shape index (κ2) is 9.18. The maximum absolute atomic E-state index is 13.7. The van der Waals surface area contributed by atoms with Gasteiger partial charge in [0.2, 0.25) is 0 Å². The van der Waals surface area contributed by atoms with Crippen molar-refractivity contribution in [1.82, 2.24) is 9.78 Å². The fourth-order valence-corrected chi connectivity index (χ4v) is 3.02. The van der Waals surface area contributed by atoms with Gasteiger partial charge in [-0.05, 0) is 36.8 Å². The fourth-order valence-electron chi connectivity index (χ4n) is 2.72. The van der Waals surface area contributed by atoms with Crippen LogP contribution in [-0.4, -0.2) is 15.7 Å². The molecule has 3 aromatic rings. The van der Waals surface area contributed by atoms with Gasteiger partial charge in [-0.1, -0.05) is 41.9 Å². The SMILES string of the molecule is Cc1nn(Cc2ccccc2)c(Cl)c1/C=C/C(=O)OCc1cc(C#N)ccc1F. The van der Waals surface area contributed by atoms with Crippen LogP contribution in [0.1, 0.15) is 27.9 Å². The Hall–Kier alpha value is -3.43. The molecule has 0 fully saturated rings. The highest BCUT2D eigenvalue weighted by atomic mass is 35.5. The van der Waals surface area contributed by atoms with Crippen LogP contribution in [0.5, 0.6) is 0 Å². The summed E-state index contributed by atoms with van der Waals surface area (Å²) in [6.45, 7) is 2.03. The average Bonchev–Trinajstić information content (AvgIpc) is 2.99. The molecule has 1 heterocycles. The zero-order valence-corrected chi connectivity index (χ0v) is 16.4. The van der Waals surface area contributed by atoms with Crippen LogP contribution in [0, 0.1) is 24.1 Å². The Balaban J connectivity index is 1.67. The van der Waals surface area contributed by atoms with Crippen molar-refractivity contribution in [2.75, 3.05) is 0 Å². The first kappa shape index (κ1) is 20.3. The third-order valence-corrected chi connectivity index (χ3v) is 4.61. The highest BCUT2D eigenvalue weighted by Gasteiger charge is 2.12. The molecule has 2 aromatic carbocycles. The normalized spacial score (nSPS) is 10.8. The van der Waals surface area contributed by atoms with Gasteiger partial charge in [0.15, 0.2) is 0 Å². The third kappa shape index (κ3) is 5.09. The molecule has 29 heavy (non-hydrogen) atoms. The number of hydrogen-bond acceptors (Lipinski definition) is 4. The van der Waals surface area contributed by atoms with E-state index >= 15 is 0 Å². The summed E-state index contributed by atoms with van der Waals surface area (Å²) in [4.78, 5) is 12.0. The molecule has 146 valence electrons. The Bertz CT molecular complexity index is 1100. The molecule has 0 bridgehead atoms. The van der Waals surface area contributed by atoms with E-state index < -0.39 is 11.8 Å². The summed E-state index contributed by atoms with van der Waals surface area (Å²) in [7, 11) is 0. The molecule has 0 aliphatic heterocycles. The number of nitrogens with zero attached hydrogens (tertiary/aromatic N) is 3. The van der Waals surface area contributed by atoms with Crippen molar-refractivity contribution in [1.29, 1.82) is 5.26 Å². The molecule has 0 spiro atoms. The van der Waals surface area contributed by atoms with Gasteiger partial charge in [0.1, 0.15) is 17.6 Å². The molecule has 0 atom stereocenters. The largest absolute Gasteiger partial charge is 0.458 e. The lowest BCUT2D eigenvalue weighted by Gasteiger charge is -2.04. The van der Waals surface area contributed by atoms with Crippen molar-refractivity contribution >= 4 is 23.6 Å². The van der Waals surface area contributed by atoms with Gasteiger partial charge in [-0.15, -0.1) is 0 Å². The van der Waals surface area contributed by atoms with Crippen molar-refractivity contribution in [3.8, 4) is 6.07 Å². The number of esters is 1. The molecular weight excluding hydrogens is 393 g/mol. The highest BCUT2D eigenvalue weighted by molar-refractivity contribution is 6.31. The van der Waals surface area contributed by atoms with Crippen molar-refractivity contribution in [2.24, 2.45) is 0 Å². The van der Waals surface area contributed by atoms with Crippen LogP contribution in [0.25, 0.3) is 6.08 Å². The zero-order chi connectivity index (χ0) is 20.8. The molecule has 3 rings (SSSR count). The number of hydrogen-bond donors (Lipinski definition) is 0. The van der Waals surface area contributed by atoms with Gasteiger partial charge in [-0.3, -0.25) is 0 Å². The van der Waals surface area contributed by atoms with Gasteiger partial charge in [-0.2, -0.15) is 10.4 Å². The monoisotopic (exact) mass is 409 g/mol. The van der Waals surface area contributed by atoms with Crippen LogP contribution < -0.4 is 0 Å². The zero-order valence-electron chi connectivity index (χ0n) is 15.6. The predicted octanol–water partition coefficient (Wildman–Crippen LogP) is 4.66. The van der Waals surface area contributed by atoms with Crippen molar-refractivity contribution in [2.45, 2.75) is 20.1 Å². The summed E-state index contributed by atoms with van der Waals surface area (Å²) in [5.74, 6) is -1.19. The Kier molecular flexibility index (Phi) is 6.43. The number of benzene rings is 2. The Morgan fingerprint density at radius 1 is 1.31 bits per heavy atom. The van der Waals surface area contributed by atoms with Crippen LogP contribution in [0.4, 0.5) is 4.39 Å². The molecule has 0 radical (unpaired) electrons. The van der Waals surface area contributed by atoms with E-state index in [1.807, 2.05) is 36.4 Å². The molecular formula is C22H17ClFN3O2. The van der Waals surface area contributed by atoms with Gasteiger partial charge in [0.05, 0.1) is 23.9 Å². The van der Waals surface area contributed by atoms with Crippen molar-refractivity contribution < 1.29 is 13.9 Å². The van der Waals surface area contributed by atoms with Crippen LogP contribution >= 0.6 is 11.6 Å². The second-order valence-corrected chi connectivity index (χ2v) is 6.65. The molecule has 7 heteroatoms. The molecule has 0 unspecified atom stereocenters. The molecule has 0 amide bonds. The van der Waals surface area contributed by atoms with E-state index in [4.69, 9.17) is 21.6 Å². The summed E-state index contributed by atoms with van der Waals surface area (Å²) in [6.07, 6.45) is 2.74. The fraction of sp³-hybridized carbons (Fsp3) is 0.136. The summed E-state index contributed by atoms with van der Waals surface area (Å²) < 4.78 is 20.5. The van der Waals surface area contributed by atoms with E-state index in [0.29, 0.717) is 28.5 Å². The first-order valence-electron chi connectivity index (χ1n) is 8.78. The van der Waals surface area contributed by atoms with Crippen molar-refractivity contribution in [3.63, 3.8) is 0 Å². The standard InChI is InChI=1S/C22H17ClFN3O2/c1-15-19(22(23)27(26-15)13-16-5-3-2-4-6-16)8-10-21(28)29-14-18-11-17(12-25)7-9-20(18)24/h2-11H,13-14H2,1H3/b10-8+. The minimum Gasteiger partial charge on any atom is -0.458 e. The summed E-state index contributed by atoms with van der Waals surface area (Å²) >= 11 is 6.41. The number of ether oxygens (including phenoxy) is 1. The lowest BCUT2D eigenvalue weighted by atomic mass is 10.1. The lowest BCUT2D eigenvalue weighted by Crippen LogP contribution is -2.03. The van der Waals surface area contributed by atoms with Gasteiger partial charge >= 0.3 is 5.97 Å². The predicted molar refractivity (Wildman–Crippen MR) is 107 cm³/mol. The van der Waals surface area contributed by atoms with E-state index in [9.17, 15) is 9.18 Å². The molecule has 1 aromatic heterocycles. The first-order valence-corrected chi connectivity index (χ1v) is 9.16. The molecule has 0 saturated heterocycles. The van der Waals surface area contributed by atoms with Crippen LogP contribution in [0.3, 0.4) is 0 Å². The summed E-state index contributed by atoms with van der Waals surface area (Å²) in [6, 6.07) is 15.5. The average molecular weight is 410 g/mol. The quantitative estimate of drug-likeness (QED) is 0.438. The van der Waals surface area contributed by atoms with Gasteiger partial charge < -0.3 is 4.74 Å². The Morgan fingerprint density at radius 3 is 2.79 bits per heavy atom. The second-order valence-electron chi connectivity index (χ2n) is 6.29. The van der Waals surface area contributed by atoms with Gasteiger partial charge in [-0.25, -0.2) is 13.9 Å². The number of nitriles is 1. The maximum atomic E-state index is 13.7. The molecule has 0 aliphatic rings. The van der Waals surface area contributed by atoms with Crippen LogP contribution in [0.2, 0.25) is 5.15 Å². The molecule has 5 nitrogen and oxygen atoms in total. The smallest absolute Gasteiger partial charge is 0.331 e. The maximum Gasteiger partial charge on any atom is 0.331 e. The number of halogens is 2. The van der Waals surface area contributed by atoms with E-state index in [2.05, 4.69) is 5.10 Å². The summed E-state index contributed by atoms with van der Waals surface area (Å²) in [5.41, 5.74) is 2.75. The molecule has 0 aliphatic carbocycles. The van der Waals surface area contributed by atoms with Gasteiger partial charge in [0.25, 0.3) is 0 Å². The lowest BCUT2D eigenvalue weighted by molar-refractivity contribution is -0.138. The van der Waals surface area contributed by atoms with Gasteiger partial charge in [0, 0.05) is 17.2 Å². The van der Waals surface area contributed by atoms with E-state index in [-0.39, 0.29) is 12.2 Å². The molecule has 0 saturated carbocycles. The van der Waals surface area contributed by atoms with E-state index in [1.54, 1.807) is 11.6 Å². The summed E-state index contributed by atoms with van der Waals surface area (Å²) in [5, 5.41) is 13.7. The number of aryl methyl sites for hydroxylation is 1. The highest BCUT2D eigenvalue weighted by Crippen LogP contribution is 2.22. The number of rotatable bonds is 6. The first-order chi connectivity index (χ1) is 14.0. The minimum atomic E-state index is -0.655. The minimum absolute atomic E-state index is 0.135. The van der Waals surface area contributed by atoms with E-state index in [0.717, 1.165) is 5.56 Å². The van der Waals surface area contributed by atoms with Crippen LogP contribution in [-0.2, 0) is 22.7 Å². The van der Waals surface area contributed by atoms with Crippen molar-refractivity contribution in [3.05, 3.63) is 93.5 Å². The Labute approximate surface area is 172 Å². The number of aromatic nitrogens is 2. The number of carbonyl (C=O) groups is 1. The van der Waals surface area contributed by atoms with Crippen LogP contribution in [0.15, 0.2) is 54.6 Å².